The van der Waals surface area contributed by atoms with E-state index < -0.39 is 0 Å². The standard InChI is InChI=1S/C20H17N5O4/c26-19-9-16(29-25-19)11-22-20(27)14-3-1-2-13(8-14)12-28-15-4-5-17(21-10-15)18-6-7-23-24-18/h1-10H,11-12H2,(H,22,27)(H,23,24)(H,25,26). The summed E-state index contributed by atoms with van der Waals surface area (Å²) in [7, 11) is 0. The summed E-state index contributed by atoms with van der Waals surface area (Å²) >= 11 is 0. The molecule has 1 amide bonds. The van der Waals surface area contributed by atoms with Gasteiger partial charge in [0.15, 0.2) is 5.76 Å². The summed E-state index contributed by atoms with van der Waals surface area (Å²) < 4.78 is 10.7. The minimum Gasteiger partial charge on any atom is -0.487 e. The van der Waals surface area contributed by atoms with Crippen LogP contribution in [0.4, 0.5) is 0 Å². The SMILES string of the molecule is O=C(NCc1cc(=O)[nH]o1)c1cccc(COc2ccc(-c3ccn[nH]3)nc2)c1. The van der Waals surface area contributed by atoms with Gasteiger partial charge in [-0.2, -0.15) is 10.3 Å². The van der Waals surface area contributed by atoms with Gasteiger partial charge in [0.1, 0.15) is 12.4 Å². The largest absolute Gasteiger partial charge is 0.487 e. The van der Waals surface area contributed by atoms with E-state index in [9.17, 15) is 9.59 Å². The van der Waals surface area contributed by atoms with Crippen molar-refractivity contribution in [2.24, 2.45) is 0 Å². The molecule has 3 aromatic heterocycles. The third-order valence-electron chi connectivity index (χ3n) is 4.11. The van der Waals surface area contributed by atoms with Gasteiger partial charge in [0.25, 0.3) is 11.5 Å². The minimum absolute atomic E-state index is 0.118. The number of hydrogen-bond acceptors (Lipinski definition) is 6. The Kier molecular flexibility index (Phi) is 5.19. The first kappa shape index (κ1) is 18.2. The summed E-state index contributed by atoms with van der Waals surface area (Å²) in [4.78, 5) is 27.7. The zero-order valence-electron chi connectivity index (χ0n) is 15.2. The van der Waals surface area contributed by atoms with E-state index in [-0.39, 0.29) is 18.0 Å². The Morgan fingerprint density at radius 1 is 1.17 bits per heavy atom. The molecule has 0 aliphatic heterocycles. The molecule has 1 aromatic carbocycles. The van der Waals surface area contributed by atoms with Crippen molar-refractivity contribution >= 4 is 5.91 Å². The second-order valence-corrected chi connectivity index (χ2v) is 6.20. The number of hydrogen-bond donors (Lipinski definition) is 3. The van der Waals surface area contributed by atoms with E-state index in [2.05, 4.69) is 25.7 Å². The maximum absolute atomic E-state index is 12.3. The van der Waals surface area contributed by atoms with Crippen LogP contribution in [0.25, 0.3) is 11.4 Å². The van der Waals surface area contributed by atoms with Gasteiger partial charge in [-0.05, 0) is 35.9 Å². The van der Waals surface area contributed by atoms with Crippen molar-refractivity contribution in [3.8, 4) is 17.1 Å². The van der Waals surface area contributed by atoms with Crippen molar-refractivity contribution in [3.05, 3.63) is 88.2 Å². The first-order valence-electron chi connectivity index (χ1n) is 8.80. The molecule has 0 aliphatic rings. The van der Waals surface area contributed by atoms with E-state index in [1.165, 1.54) is 6.07 Å². The molecule has 3 N–H and O–H groups in total. The highest BCUT2D eigenvalue weighted by Crippen LogP contribution is 2.18. The van der Waals surface area contributed by atoms with Crippen molar-refractivity contribution in [2.75, 3.05) is 0 Å². The Balaban J connectivity index is 1.34. The molecule has 3 heterocycles. The van der Waals surface area contributed by atoms with Crippen LogP contribution < -0.4 is 15.6 Å². The van der Waals surface area contributed by atoms with Crippen LogP contribution in [0.3, 0.4) is 0 Å². The van der Waals surface area contributed by atoms with Gasteiger partial charge in [0.05, 0.1) is 24.1 Å². The second kappa shape index (κ2) is 8.26. The van der Waals surface area contributed by atoms with Crippen LogP contribution in [-0.2, 0) is 13.2 Å². The van der Waals surface area contributed by atoms with Gasteiger partial charge in [-0.3, -0.25) is 19.7 Å². The maximum Gasteiger partial charge on any atom is 0.280 e. The predicted molar refractivity (Wildman–Crippen MR) is 103 cm³/mol. The third kappa shape index (κ3) is 4.59. The quantitative estimate of drug-likeness (QED) is 0.444. The number of nitrogens with zero attached hydrogens (tertiary/aromatic N) is 2. The van der Waals surface area contributed by atoms with Gasteiger partial charge in [-0.15, -0.1) is 0 Å². The molecule has 0 saturated heterocycles. The average Bonchev–Trinajstić information content (AvgIpc) is 3.43. The molecule has 0 aliphatic carbocycles. The number of carbonyl (C=O) groups is 1. The number of nitrogens with one attached hydrogen (secondary N) is 3. The normalized spacial score (nSPS) is 10.6. The summed E-state index contributed by atoms with van der Waals surface area (Å²) in [5, 5.41) is 11.6. The Labute approximate surface area is 164 Å². The lowest BCUT2D eigenvalue weighted by molar-refractivity contribution is 0.0947. The molecular formula is C20H17N5O4. The highest BCUT2D eigenvalue weighted by molar-refractivity contribution is 5.94. The van der Waals surface area contributed by atoms with Gasteiger partial charge in [-0.1, -0.05) is 12.1 Å². The molecule has 146 valence electrons. The molecule has 0 unspecified atom stereocenters. The number of ether oxygens (including phenoxy) is 1. The van der Waals surface area contributed by atoms with Gasteiger partial charge >= 0.3 is 0 Å². The van der Waals surface area contributed by atoms with Crippen molar-refractivity contribution in [3.63, 3.8) is 0 Å². The molecule has 0 fully saturated rings. The van der Waals surface area contributed by atoms with Gasteiger partial charge in [0, 0.05) is 17.8 Å². The van der Waals surface area contributed by atoms with Gasteiger partial charge in [0.2, 0.25) is 0 Å². The van der Waals surface area contributed by atoms with Crippen molar-refractivity contribution in [1.29, 1.82) is 0 Å². The fourth-order valence-corrected chi connectivity index (χ4v) is 2.67. The topological polar surface area (TPSA) is 126 Å². The van der Waals surface area contributed by atoms with E-state index in [4.69, 9.17) is 9.26 Å². The van der Waals surface area contributed by atoms with E-state index in [1.54, 1.807) is 30.6 Å². The molecule has 4 rings (SSSR count). The zero-order chi connectivity index (χ0) is 20.1. The summed E-state index contributed by atoms with van der Waals surface area (Å²) in [6, 6.07) is 13.9. The second-order valence-electron chi connectivity index (χ2n) is 6.20. The third-order valence-corrected chi connectivity index (χ3v) is 4.11. The minimum atomic E-state index is -0.347. The van der Waals surface area contributed by atoms with Crippen molar-refractivity contribution in [1.82, 2.24) is 25.7 Å². The molecule has 4 aromatic rings. The Morgan fingerprint density at radius 3 is 2.83 bits per heavy atom. The van der Waals surface area contributed by atoms with Crippen LogP contribution in [-0.4, -0.2) is 26.2 Å². The predicted octanol–water partition coefficient (Wildman–Crippen LogP) is 2.26. The van der Waals surface area contributed by atoms with Crippen LogP contribution in [0, 0.1) is 0 Å². The highest BCUT2D eigenvalue weighted by Gasteiger charge is 2.08. The number of pyridine rings is 1. The fourth-order valence-electron chi connectivity index (χ4n) is 2.67. The summed E-state index contributed by atoms with van der Waals surface area (Å²) in [6.07, 6.45) is 3.30. The summed E-state index contributed by atoms with van der Waals surface area (Å²) in [5.41, 5.74) is 2.57. The van der Waals surface area contributed by atoms with Crippen LogP contribution in [0.15, 0.2) is 70.2 Å². The van der Waals surface area contributed by atoms with E-state index in [0.29, 0.717) is 23.7 Å². The molecular weight excluding hydrogens is 374 g/mol. The number of benzene rings is 1. The summed E-state index contributed by atoms with van der Waals surface area (Å²) in [6.45, 7) is 0.408. The van der Waals surface area contributed by atoms with Crippen molar-refractivity contribution < 1.29 is 14.1 Å². The molecule has 0 radical (unpaired) electrons. The molecule has 9 heteroatoms. The fraction of sp³-hybridized carbons (Fsp3) is 0.100. The number of amides is 1. The van der Waals surface area contributed by atoms with E-state index >= 15 is 0 Å². The smallest absolute Gasteiger partial charge is 0.280 e. The summed E-state index contributed by atoms with van der Waals surface area (Å²) in [5.74, 6) is 0.695. The molecule has 0 bridgehead atoms. The van der Waals surface area contributed by atoms with Crippen LogP contribution >= 0.6 is 0 Å². The molecule has 29 heavy (non-hydrogen) atoms. The van der Waals surface area contributed by atoms with Crippen LogP contribution in [0.1, 0.15) is 21.7 Å². The Morgan fingerprint density at radius 2 is 2.10 bits per heavy atom. The first-order chi connectivity index (χ1) is 14.2. The number of rotatable bonds is 7. The lowest BCUT2D eigenvalue weighted by Gasteiger charge is -2.08. The highest BCUT2D eigenvalue weighted by atomic mass is 16.5. The van der Waals surface area contributed by atoms with Crippen LogP contribution in [0.2, 0.25) is 0 Å². The van der Waals surface area contributed by atoms with Crippen LogP contribution in [0.5, 0.6) is 5.75 Å². The van der Waals surface area contributed by atoms with Gasteiger partial charge < -0.3 is 14.6 Å². The molecule has 0 spiro atoms. The maximum atomic E-state index is 12.3. The van der Waals surface area contributed by atoms with Gasteiger partial charge in [-0.25, -0.2) is 0 Å². The molecule has 0 atom stereocenters. The molecule has 0 saturated carbocycles. The molecule has 9 nitrogen and oxygen atoms in total. The zero-order valence-corrected chi connectivity index (χ0v) is 15.2. The number of aromatic nitrogens is 4. The monoisotopic (exact) mass is 391 g/mol. The number of H-pyrrole nitrogens is 2. The first-order valence-corrected chi connectivity index (χ1v) is 8.80. The lowest BCUT2D eigenvalue weighted by Crippen LogP contribution is -2.22. The number of aromatic amines is 2. The van der Waals surface area contributed by atoms with E-state index in [0.717, 1.165) is 17.0 Å². The number of carbonyl (C=O) groups excluding carboxylic acids is 1. The van der Waals surface area contributed by atoms with Crippen molar-refractivity contribution in [2.45, 2.75) is 13.2 Å². The Hall–Kier alpha value is -4.14. The van der Waals surface area contributed by atoms with E-state index in [1.807, 2.05) is 24.3 Å². The lowest BCUT2D eigenvalue weighted by atomic mass is 10.1. The Bertz CT molecular complexity index is 1150. The average molecular weight is 391 g/mol.